The van der Waals surface area contributed by atoms with Crippen LogP contribution in [0.3, 0.4) is 0 Å². The van der Waals surface area contributed by atoms with Crippen molar-refractivity contribution < 1.29 is 45.2 Å². The van der Waals surface area contributed by atoms with Crippen LogP contribution in [-0.4, -0.2) is 66.5 Å². The highest BCUT2D eigenvalue weighted by Gasteiger charge is 2.45. The molecule has 7 nitrogen and oxygen atoms in total. The third-order valence-electron chi connectivity index (χ3n) is 6.05. The number of rotatable bonds is 9. The molecule has 1 N–H and O–H groups in total. The van der Waals surface area contributed by atoms with E-state index in [9.17, 15) is 31.2 Å². The SMILES string of the molecule is BCc1cc(CB)c(CB)c(C(=O)Oc2ccc(C(=O)OC(CS(=O)(=O)O)C(F)(F)F)c3ccccc23)c1. The lowest BCUT2D eigenvalue weighted by Gasteiger charge is -2.20. The fourth-order valence-electron chi connectivity index (χ4n) is 4.19. The van der Waals surface area contributed by atoms with Gasteiger partial charge >= 0.3 is 18.1 Å². The molecule has 3 aromatic carbocycles. The first-order chi connectivity index (χ1) is 17.8. The third-order valence-corrected chi connectivity index (χ3v) is 6.77. The summed E-state index contributed by atoms with van der Waals surface area (Å²) in [7, 11) is 0.805. The van der Waals surface area contributed by atoms with Gasteiger partial charge in [0.2, 0.25) is 6.10 Å². The van der Waals surface area contributed by atoms with Crippen molar-refractivity contribution >= 4 is 56.4 Å². The van der Waals surface area contributed by atoms with E-state index in [1.54, 1.807) is 12.1 Å². The molecule has 0 radical (unpaired) electrons. The lowest BCUT2D eigenvalue weighted by atomic mass is 9.81. The zero-order valence-corrected chi connectivity index (χ0v) is 21.8. The largest absolute Gasteiger partial charge is 0.448 e. The Morgan fingerprint density at radius 3 is 2.11 bits per heavy atom. The quantitative estimate of drug-likeness (QED) is 0.188. The number of carbonyl (C=O) groups is 2. The van der Waals surface area contributed by atoms with Crippen molar-refractivity contribution in [3.8, 4) is 5.75 Å². The summed E-state index contributed by atoms with van der Waals surface area (Å²) in [6.45, 7) is 0. The maximum atomic E-state index is 13.3. The van der Waals surface area contributed by atoms with Gasteiger partial charge in [-0.3, -0.25) is 4.55 Å². The van der Waals surface area contributed by atoms with Crippen LogP contribution < -0.4 is 4.74 Å². The van der Waals surface area contributed by atoms with Crippen LogP contribution >= 0.6 is 0 Å². The minimum atomic E-state index is -5.24. The van der Waals surface area contributed by atoms with Gasteiger partial charge in [0.05, 0.1) is 11.1 Å². The molecule has 0 spiro atoms. The van der Waals surface area contributed by atoms with E-state index >= 15 is 0 Å². The van der Waals surface area contributed by atoms with Gasteiger partial charge in [-0.15, -0.1) is 0 Å². The lowest BCUT2D eigenvalue weighted by molar-refractivity contribution is -0.197. The second-order valence-corrected chi connectivity index (χ2v) is 10.1. The van der Waals surface area contributed by atoms with Crippen molar-refractivity contribution in [3.05, 3.63) is 76.3 Å². The highest BCUT2D eigenvalue weighted by atomic mass is 32.2. The molecule has 1 unspecified atom stereocenters. The van der Waals surface area contributed by atoms with E-state index in [0.717, 1.165) is 29.1 Å². The van der Waals surface area contributed by atoms with Crippen molar-refractivity contribution in [1.82, 2.24) is 0 Å². The van der Waals surface area contributed by atoms with Crippen molar-refractivity contribution in [2.45, 2.75) is 31.2 Å². The number of esters is 2. The summed E-state index contributed by atoms with van der Waals surface area (Å²) in [6, 6.07) is 12.3. The van der Waals surface area contributed by atoms with E-state index < -0.39 is 40.1 Å². The average Bonchev–Trinajstić information content (AvgIpc) is 2.86. The first-order valence-electron chi connectivity index (χ1n) is 11.9. The Balaban J connectivity index is 2.00. The molecule has 14 heteroatoms. The van der Waals surface area contributed by atoms with Crippen LogP contribution in [0.5, 0.6) is 5.75 Å². The van der Waals surface area contributed by atoms with E-state index in [1.807, 2.05) is 23.5 Å². The number of alkyl halides is 3. The molecule has 0 amide bonds. The molecule has 0 aliphatic rings. The molecule has 3 rings (SSSR count). The summed E-state index contributed by atoms with van der Waals surface area (Å²) in [5.74, 6) is -3.83. The summed E-state index contributed by atoms with van der Waals surface area (Å²) >= 11 is 0. The Kier molecular flexibility index (Phi) is 8.99. The molecule has 0 saturated heterocycles. The summed E-state index contributed by atoms with van der Waals surface area (Å²) in [6.07, 6.45) is -6.26. The van der Waals surface area contributed by atoms with Gasteiger partial charge < -0.3 is 9.47 Å². The first kappa shape index (κ1) is 29.3. The summed E-state index contributed by atoms with van der Waals surface area (Å²) in [5.41, 5.74) is 2.97. The number of hydrogen-bond acceptors (Lipinski definition) is 6. The monoisotopic (exact) mass is 546 g/mol. The maximum absolute atomic E-state index is 13.3. The molecule has 0 bridgehead atoms. The van der Waals surface area contributed by atoms with Gasteiger partial charge in [0.15, 0.2) is 0 Å². The number of benzene rings is 3. The normalized spacial score (nSPS) is 12.7. The highest BCUT2D eigenvalue weighted by molar-refractivity contribution is 7.85. The molecular weight excluding hydrogens is 522 g/mol. The van der Waals surface area contributed by atoms with Gasteiger partial charge in [-0.05, 0) is 29.1 Å². The van der Waals surface area contributed by atoms with Gasteiger partial charge in [-0.25, -0.2) is 9.59 Å². The van der Waals surface area contributed by atoms with E-state index in [-0.39, 0.29) is 22.1 Å². The number of hydrogen-bond donors (Lipinski definition) is 1. The van der Waals surface area contributed by atoms with E-state index in [4.69, 9.17) is 9.29 Å². The fraction of sp³-hybridized carbons (Fsp3) is 0.250. The van der Waals surface area contributed by atoms with Crippen LogP contribution in [-0.2, 0) is 33.8 Å². The number of carbonyl (C=O) groups excluding carboxylic acids is 2. The molecule has 0 aromatic heterocycles. The summed E-state index contributed by atoms with van der Waals surface area (Å²) in [5, 5.41) is 0.386. The highest BCUT2D eigenvalue weighted by Crippen LogP contribution is 2.32. The van der Waals surface area contributed by atoms with E-state index in [1.165, 1.54) is 24.3 Å². The maximum Gasteiger partial charge on any atom is 0.426 e. The molecular formula is C24H24B3F3O7S. The van der Waals surface area contributed by atoms with Gasteiger partial charge in [0.25, 0.3) is 10.1 Å². The third kappa shape index (κ3) is 6.79. The van der Waals surface area contributed by atoms with E-state index in [0.29, 0.717) is 18.2 Å². The summed E-state index contributed by atoms with van der Waals surface area (Å²) < 4.78 is 80.9. The topological polar surface area (TPSA) is 107 Å². The molecule has 198 valence electrons. The predicted octanol–water partition coefficient (Wildman–Crippen LogP) is 1.43. The smallest absolute Gasteiger partial charge is 0.426 e. The average molecular weight is 546 g/mol. The van der Waals surface area contributed by atoms with Gasteiger partial charge in [-0.1, -0.05) is 60.4 Å². The molecule has 0 aliphatic carbocycles. The van der Waals surface area contributed by atoms with Crippen molar-refractivity contribution in [2.24, 2.45) is 0 Å². The van der Waals surface area contributed by atoms with Crippen LogP contribution in [0.1, 0.15) is 37.4 Å². The van der Waals surface area contributed by atoms with Gasteiger partial charge in [0, 0.05) is 5.39 Å². The number of halogens is 3. The minimum Gasteiger partial charge on any atom is -0.448 e. The Bertz CT molecular complexity index is 1480. The van der Waals surface area contributed by atoms with Crippen LogP contribution in [0.15, 0.2) is 48.5 Å². The minimum absolute atomic E-state index is 0.0782. The number of ether oxygens (including phenoxy) is 2. The second-order valence-electron chi connectivity index (χ2n) is 8.57. The summed E-state index contributed by atoms with van der Waals surface area (Å²) in [4.78, 5) is 25.9. The molecule has 3 aromatic rings. The predicted molar refractivity (Wildman–Crippen MR) is 144 cm³/mol. The second kappa shape index (κ2) is 11.6. The van der Waals surface area contributed by atoms with Crippen LogP contribution in [0, 0.1) is 0 Å². The standard InChI is InChI=1S/C24H24B3F3O7S/c25-9-13-7-14(10-26)19(11-27)18(8-13)23(32)36-20-6-5-17(15-3-1-2-4-16(15)20)22(31)37-21(24(28,29)30)12-38(33,34)35/h1-8,21H,9-12,25-27H2,(H,33,34,35). The molecule has 1 atom stereocenters. The zero-order valence-electron chi connectivity index (χ0n) is 21.0. The molecule has 0 fully saturated rings. The van der Waals surface area contributed by atoms with Crippen molar-refractivity contribution in [2.75, 3.05) is 5.75 Å². The molecule has 0 aliphatic heterocycles. The molecule has 0 saturated carbocycles. The Morgan fingerprint density at radius 1 is 0.895 bits per heavy atom. The number of fused-ring (bicyclic) bond motifs is 1. The first-order valence-corrected chi connectivity index (χ1v) is 13.5. The Morgan fingerprint density at radius 2 is 1.55 bits per heavy atom. The van der Waals surface area contributed by atoms with Crippen molar-refractivity contribution in [1.29, 1.82) is 0 Å². The zero-order chi connectivity index (χ0) is 28.3. The fourth-order valence-corrected chi connectivity index (χ4v) is 4.83. The van der Waals surface area contributed by atoms with Crippen LogP contribution in [0.4, 0.5) is 13.2 Å². The molecule has 0 heterocycles. The van der Waals surface area contributed by atoms with Crippen LogP contribution in [0.2, 0.25) is 0 Å². The van der Waals surface area contributed by atoms with Crippen molar-refractivity contribution in [3.63, 3.8) is 0 Å². The van der Waals surface area contributed by atoms with Gasteiger partial charge in [-0.2, -0.15) is 21.6 Å². The molecule has 38 heavy (non-hydrogen) atoms. The van der Waals surface area contributed by atoms with Crippen LogP contribution in [0.25, 0.3) is 10.8 Å². The Hall–Kier alpha value is -3.25. The van der Waals surface area contributed by atoms with E-state index in [2.05, 4.69) is 10.8 Å². The van der Waals surface area contributed by atoms with Gasteiger partial charge in [0.1, 0.15) is 35.0 Å². The lowest BCUT2D eigenvalue weighted by Crippen LogP contribution is -2.39. The Labute approximate surface area is 220 Å².